The molecule has 0 radical (unpaired) electrons. The number of likely N-dealkylation sites (tertiary alicyclic amines) is 1. The third-order valence-electron chi connectivity index (χ3n) is 12.1. The fourth-order valence-electron chi connectivity index (χ4n) is 8.35. The van der Waals surface area contributed by atoms with E-state index in [4.69, 9.17) is 9.47 Å². The summed E-state index contributed by atoms with van der Waals surface area (Å²) in [4.78, 5) is 42.7. The standard InChI is InChI=1S/C54H54N4O8/c59-47-8-4-7-43(29-51(63)66-35-40-25-27-58(28-26-40)33-38-5-2-1-3-6-38)52(47)41-17-19-44(20-18-41)65-34-39-11-9-37(10-12-39)31-56-54(64)42-15-13-36(14-16-42)30-55-32-49(61)45-21-23-48(60)53-46(45)22-24-50(62)57-53/h1-24,40,49,55,59-61H,25-35H2,(H,56,64)(H,57,62)/t49-/m0/s1. The Hall–Kier alpha value is -7.25. The Balaban J connectivity index is 0.751. The van der Waals surface area contributed by atoms with Crippen molar-refractivity contribution in [2.75, 3.05) is 26.2 Å². The number of phenolic OH excluding ortho intramolecular Hbond substituents is 2. The molecule has 0 spiro atoms. The highest BCUT2D eigenvalue weighted by atomic mass is 16.5. The van der Waals surface area contributed by atoms with Gasteiger partial charge < -0.3 is 40.4 Å². The van der Waals surface area contributed by atoms with Gasteiger partial charge in [0.05, 0.1) is 24.6 Å². The van der Waals surface area contributed by atoms with Crippen molar-refractivity contribution in [3.8, 4) is 28.4 Å². The minimum Gasteiger partial charge on any atom is -0.507 e. The van der Waals surface area contributed by atoms with E-state index in [1.165, 1.54) is 17.7 Å². The van der Waals surface area contributed by atoms with Crippen LogP contribution in [0.2, 0.25) is 0 Å². The molecule has 0 unspecified atom stereocenters. The SMILES string of the molecule is O=C(Cc1cccc(O)c1-c1ccc(OCc2ccc(CNC(=O)c3ccc(CNC[C@H](O)c4ccc(O)c5[nH]c(=O)ccc45)cc3)cc2)cc1)OCC1CCN(Cc2ccccc2)CC1. The second-order valence-electron chi connectivity index (χ2n) is 16.8. The van der Waals surface area contributed by atoms with E-state index >= 15 is 0 Å². The molecule has 1 aromatic heterocycles. The summed E-state index contributed by atoms with van der Waals surface area (Å²) in [5.41, 5.74) is 7.25. The Morgan fingerprint density at radius 1 is 0.727 bits per heavy atom. The van der Waals surface area contributed by atoms with E-state index in [2.05, 4.69) is 44.8 Å². The molecule has 1 saturated heterocycles. The normalized spacial score (nSPS) is 13.6. The molecule has 6 aromatic carbocycles. The number of esters is 1. The van der Waals surface area contributed by atoms with Crippen molar-refractivity contribution >= 4 is 22.8 Å². The van der Waals surface area contributed by atoms with E-state index in [1.807, 2.05) is 72.8 Å². The zero-order chi connectivity index (χ0) is 45.8. The lowest BCUT2D eigenvalue weighted by Crippen LogP contribution is -2.35. The molecule has 8 rings (SSSR count). The van der Waals surface area contributed by atoms with Crippen LogP contribution in [0.1, 0.15) is 62.7 Å². The molecule has 338 valence electrons. The number of aliphatic hydroxyl groups excluding tert-OH is 1. The zero-order valence-electron chi connectivity index (χ0n) is 36.6. The highest BCUT2D eigenvalue weighted by molar-refractivity contribution is 5.94. The van der Waals surface area contributed by atoms with Gasteiger partial charge in [0.1, 0.15) is 23.9 Å². The number of fused-ring (bicyclic) bond motifs is 1. The fourth-order valence-corrected chi connectivity index (χ4v) is 8.35. The summed E-state index contributed by atoms with van der Waals surface area (Å²) in [6, 6.07) is 44.2. The van der Waals surface area contributed by atoms with Gasteiger partial charge in [-0.25, -0.2) is 0 Å². The van der Waals surface area contributed by atoms with E-state index < -0.39 is 6.10 Å². The van der Waals surface area contributed by atoms with E-state index in [9.17, 15) is 29.7 Å². The number of aromatic amines is 1. The van der Waals surface area contributed by atoms with Gasteiger partial charge in [0.15, 0.2) is 0 Å². The van der Waals surface area contributed by atoms with Crippen molar-refractivity contribution in [3.63, 3.8) is 0 Å². The molecule has 12 nitrogen and oxygen atoms in total. The number of aliphatic hydroxyl groups is 1. The van der Waals surface area contributed by atoms with Gasteiger partial charge in [0.2, 0.25) is 5.56 Å². The van der Waals surface area contributed by atoms with Crippen LogP contribution in [0, 0.1) is 5.92 Å². The highest BCUT2D eigenvalue weighted by Crippen LogP contribution is 2.35. The minimum atomic E-state index is -0.878. The number of pyridine rings is 1. The molecule has 1 aliphatic rings. The van der Waals surface area contributed by atoms with Crippen LogP contribution in [0.15, 0.2) is 150 Å². The number of hydrogen-bond donors (Lipinski definition) is 6. The van der Waals surface area contributed by atoms with Gasteiger partial charge in [0, 0.05) is 48.8 Å². The Bertz CT molecular complexity index is 2790. The van der Waals surface area contributed by atoms with Gasteiger partial charge in [0.25, 0.3) is 5.91 Å². The molecular weight excluding hydrogens is 833 g/mol. The third kappa shape index (κ3) is 11.9. The van der Waals surface area contributed by atoms with Crippen LogP contribution in [0.4, 0.5) is 0 Å². The monoisotopic (exact) mass is 886 g/mol. The third-order valence-corrected chi connectivity index (χ3v) is 12.1. The van der Waals surface area contributed by atoms with Crippen LogP contribution in [0.3, 0.4) is 0 Å². The Labute approximate surface area is 383 Å². The molecule has 66 heavy (non-hydrogen) atoms. The van der Waals surface area contributed by atoms with Crippen LogP contribution >= 0.6 is 0 Å². The van der Waals surface area contributed by atoms with E-state index in [0.717, 1.165) is 54.7 Å². The van der Waals surface area contributed by atoms with Gasteiger partial charge in [-0.15, -0.1) is 0 Å². The van der Waals surface area contributed by atoms with E-state index in [1.54, 1.807) is 36.4 Å². The Morgan fingerprint density at radius 2 is 1.44 bits per heavy atom. The number of H-pyrrole nitrogens is 1. The topological polar surface area (TPSA) is 173 Å². The lowest BCUT2D eigenvalue weighted by atomic mass is 9.96. The lowest BCUT2D eigenvalue weighted by Gasteiger charge is -2.31. The second-order valence-corrected chi connectivity index (χ2v) is 16.8. The summed E-state index contributed by atoms with van der Waals surface area (Å²) in [5, 5.41) is 38.6. The molecule has 7 aromatic rings. The molecule has 0 saturated carbocycles. The maximum Gasteiger partial charge on any atom is 0.310 e. The minimum absolute atomic E-state index is 0.0593. The van der Waals surface area contributed by atoms with Gasteiger partial charge in [-0.2, -0.15) is 0 Å². The lowest BCUT2D eigenvalue weighted by molar-refractivity contribution is -0.144. The summed E-state index contributed by atoms with van der Waals surface area (Å²) in [7, 11) is 0. The van der Waals surface area contributed by atoms with Crippen LogP contribution in [-0.4, -0.2) is 63.3 Å². The van der Waals surface area contributed by atoms with Crippen molar-refractivity contribution in [1.82, 2.24) is 20.5 Å². The summed E-state index contributed by atoms with van der Waals surface area (Å²) in [6.45, 7) is 4.68. The number of aromatic nitrogens is 1. The molecule has 1 amide bonds. The van der Waals surface area contributed by atoms with Crippen molar-refractivity contribution in [1.29, 1.82) is 0 Å². The molecule has 6 N–H and O–H groups in total. The number of hydrogen-bond acceptors (Lipinski definition) is 10. The first-order chi connectivity index (χ1) is 32.1. The number of rotatable bonds is 18. The largest absolute Gasteiger partial charge is 0.507 e. The van der Waals surface area contributed by atoms with Gasteiger partial charge in [-0.05, 0) is 113 Å². The first-order valence-electron chi connectivity index (χ1n) is 22.3. The number of phenols is 2. The average Bonchev–Trinajstić information content (AvgIpc) is 3.34. The molecule has 0 aliphatic carbocycles. The van der Waals surface area contributed by atoms with Gasteiger partial charge in [-0.1, -0.05) is 97.1 Å². The van der Waals surface area contributed by atoms with E-state index in [-0.39, 0.29) is 47.4 Å². The fraction of sp³-hybridized carbons (Fsp3) is 0.241. The first kappa shape index (κ1) is 45.3. The van der Waals surface area contributed by atoms with Crippen molar-refractivity contribution < 1.29 is 34.4 Å². The quantitative estimate of drug-likeness (QED) is 0.0465. The Morgan fingerprint density at radius 3 is 2.20 bits per heavy atom. The molecule has 1 fully saturated rings. The number of carbonyl (C=O) groups excluding carboxylic acids is 2. The summed E-state index contributed by atoms with van der Waals surface area (Å²) < 4.78 is 11.8. The maximum atomic E-state index is 13.0. The number of amides is 1. The van der Waals surface area contributed by atoms with Gasteiger partial charge >= 0.3 is 5.97 Å². The van der Waals surface area contributed by atoms with Crippen molar-refractivity contribution in [2.45, 2.75) is 51.6 Å². The molecular formula is C54H54N4O8. The van der Waals surface area contributed by atoms with Crippen LogP contribution in [-0.2, 0) is 42.2 Å². The molecule has 12 heteroatoms. The van der Waals surface area contributed by atoms with Crippen LogP contribution in [0.5, 0.6) is 17.2 Å². The smallest absolute Gasteiger partial charge is 0.310 e. The highest BCUT2D eigenvalue weighted by Gasteiger charge is 2.22. The summed E-state index contributed by atoms with van der Waals surface area (Å²) in [6.07, 6.45) is 1.16. The van der Waals surface area contributed by atoms with E-state index in [0.29, 0.717) is 65.6 Å². The second kappa shape index (κ2) is 21.6. The first-order valence-corrected chi connectivity index (χ1v) is 22.3. The predicted octanol–water partition coefficient (Wildman–Crippen LogP) is 7.94. The number of benzene rings is 6. The number of nitrogens with zero attached hydrogens (tertiary/aromatic N) is 1. The van der Waals surface area contributed by atoms with Crippen LogP contribution in [0.25, 0.3) is 22.0 Å². The molecule has 1 atom stereocenters. The average molecular weight is 887 g/mol. The number of nitrogens with one attached hydrogen (secondary N) is 3. The number of carbonyl (C=O) groups is 2. The molecule has 1 aliphatic heterocycles. The predicted molar refractivity (Wildman–Crippen MR) is 254 cm³/mol. The number of piperidine rings is 1. The maximum absolute atomic E-state index is 13.0. The molecule has 2 heterocycles. The number of ether oxygens (including phenoxy) is 2. The summed E-state index contributed by atoms with van der Waals surface area (Å²) in [5.74, 6) is 0.517. The summed E-state index contributed by atoms with van der Waals surface area (Å²) >= 11 is 0. The molecule has 0 bridgehead atoms. The van der Waals surface area contributed by atoms with Crippen molar-refractivity contribution in [3.05, 3.63) is 195 Å². The zero-order valence-corrected chi connectivity index (χ0v) is 36.6. The number of aromatic hydroxyl groups is 2. The van der Waals surface area contributed by atoms with Gasteiger partial charge in [-0.3, -0.25) is 19.3 Å². The van der Waals surface area contributed by atoms with Crippen LogP contribution < -0.4 is 20.9 Å². The Kier molecular flexibility index (Phi) is 14.8. The van der Waals surface area contributed by atoms with Crippen molar-refractivity contribution in [2.24, 2.45) is 5.92 Å².